The van der Waals surface area contributed by atoms with Crippen LogP contribution in [0.25, 0.3) is 0 Å². The molecule has 6 atom stereocenters. The highest BCUT2D eigenvalue weighted by molar-refractivity contribution is 7.47. The van der Waals surface area contributed by atoms with Gasteiger partial charge in [-0.25, -0.2) is 4.57 Å². The van der Waals surface area contributed by atoms with Crippen molar-refractivity contribution in [2.24, 2.45) is 0 Å². The molecule has 0 spiro atoms. The van der Waals surface area contributed by atoms with Crippen molar-refractivity contribution in [2.75, 3.05) is 13.2 Å². The zero-order valence-electron chi connectivity index (χ0n) is 37.4. The Labute approximate surface area is 367 Å². The normalized spacial score (nSPS) is 22.4. The number of unbranched alkanes of at least 4 members (excludes halogenated alkanes) is 18. The third-order valence-corrected chi connectivity index (χ3v) is 11.6. The average molecular weight is 887 g/mol. The number of carbonyl (C=O) groups excluding carboxylic acids is 2. The van der Waals surface area contributed by atoms with Crippen LogP contribution in [0.15, 0.2) is 48.6 Å². The van der Waals surface area contributed by atoms with Gasteiger partial charge in [0.15, 0.2) is 6.10 Å². The summed E-state index contributed by atoms with van der Waals surface area (Å²) in [5, 5.41) is 50.1. The highest BCUT2D eigenvalue weighted by atomic mass is 31.2. The maximum absolute atomic E-state index is 12.8. The Morgan fingerprint density at radius 3 is 1.33 bits per heavy atom. The van der Waals surface area contributed by atoms with Crippen molar-refractivity contribution < 1.29 is 63.1 Å². The number of allylic oxidation sites excluding steroid dienone is 8. The number of rotatable bonds is 38. The zero-order chi connectivity index (χ0) is 45.0. The first-order valence-corrected chi connectivity index (χ1v) is 24.9. The minimum atomic E-state index is -5.12. The summed E-state index contributed by atoms with van der Waals surface area (Å²) in [4.78, 5) is 35.7. The second-order valence-electron chi connectivity index (χ2n) is 16.3. The van der Waals surface area contributed by atoms with Crippen LogP contribution in [0.3, 0.4) is 0 Å². The summed E-state index contributed by atoms with van der Waals surface area (Å²) in [6.07, 6.45) is 30.1. The van der Waals surface area contributed by atoms with Gasteiger partial charge in [-0.2, -0.15) is 0 Å². The van der Waals surface area contributed by atoms with Crippen molar-refractivity contribution >= 4 is 19.8 Å². The van der Waals surface area contributed by atoms with Crippen molar-refractivity contribution in [3.8, 4) is 0 Å². The predicted molar refractivity (Wildman–Crippen MR) is 239 cm³/mol. The van der Waals surface area contributed by atoms with E-state index < -0.39 is 75.7 Å². The summed E-state index contributed by atoms with van der Waals surface area (Å²) in [5.41, 5.74) is 0. The molecule has 354 valence electrons. The van der Waals surface area contributed by atoms with Gasteiger partial charge in [-0.3, -0.25) is 18.6 Å². The quantitative estimate of drug-likeness (QED) is 0.0148. The molecule has 1 saturated carbocycles. The van der Waals surface area contributed by atoms with Crippen LogP contribution >= 0.6 is 7.82 Å². The first-order chi connectivity index (χ1) is 29.4. The standard InChI is InChI=1S/C47H83O13P/c1-3-5-7-9-11-13-15-17-19-20-22-23-25-27-29-31-33-35-40(48)57-37-39(38-58-61(55,56)60-47-45(53)43(51)42(50)44(52)46(47)54)59-41(49)36-34-32-30-28-26-24-21-18-16-14-12-10-8-6-4-2/h11-14,17-19,21,39,42-47,50-54H,3-10,15-16,20,22-38H2,1-2H3,(H,55,56). The topological polar surface area (TPSA) is 210 Å². The van der Waals surface area contributed by atoms with E-state index in [1.54, 1.807) is 0 Å². The van der Waals surface area contributed by atoms with Crippen LogP contribution in [0.2, 0.25) is 0 Å². The van der Waals surface area contributed by atoms with Gasteiger partial charge in [0.25, 0.3) is 0 Å². The molecule has 1 aliphatic rings. The van der Waals surface area contributed by atoms with Crippen molar-refractivity contribution in [2.45, 2.75) is 224 Å². The van der Waals surface area contributed by atoms with Gasteiger partial charge < -0.3 is 39.9 Å². The third kappa shape index (κ3) is 29.7. The van der Waals surface area contributed by atoms with E-state index >= 15 is 0 Å². The number of carbonyl (C=O) groups is 2. The summed E-state index contributed by atoms with van der Waals surface area (Å²) in [6.45, 7) is 3.23. The molecule has 0 aromatic carbocycles. The van der Waals surface area contributed by atoms with Crippen LogP contribution in [0.1, 0.15) is 181 Å². The van der Waals surface area contributed by atoms with Gasteiger partial charge in [-0.15, -0.1) is 0 Å². The number of phosphoric acid groups is 1. The molecule has 0 radical (unpaired) electrons. The molecule has 0 amide bonds. The molecule has 1 rings (SSSR count). The molecule has 0 bridgehead atoms. The van der Waals surface area contributed by atoms with E-state index in [4.69, 9.17) is 18.5 Å². The summed E-state index contributed by atoms with van der Waals surface area (Å²) in [6, 6.07) is 0. The lowest BCUT2D eigenvalue weighted by molar-refractivity contribution is -0.220. The Balaban J connectivity index is 2.47. The smallest absolute Gasteiger partial charge is 0.462 e. The number of phosphoric ester groups is 1. The van der Waals surface area contributed by atoms with Gasteiger partial charge in [0.1, 0.15) is 43.2 Å². The Kier molecular flexibility index (Phi) is 34.7. The Hall–Kier alpha value is -2.19. The fourth-order valence-corrected chi connectivity index (χ4v) is 7.79. The molecule has 14 heteroatoms. The highest BCUT2D eigenvalue weighted by Gasteiger charge is 2.51. The molecule has 0 aromatic heterocycles. The molecule has 0 aliphatic heterocycles. The van der Waals surface area contributed by atoms with E-state index in [0.29, 0.717) is 12.8 Å². The van der Waals surface area contributed by atoms with Crippen LogP contribution in [-0.4, -0.2) is 98.3 Å². The van der Waals surface area contributed by atoms with Gasteiger partial charge in [-0.1, -0.05) is 140 Å². The van der Waals surface area contributed by atoms with Crippen molar-refractivity contribution in [3.63, 3.8) is 0 Å². The minimum Gasteiger partial charge on any atom is -0.462 e. The summed E-state index contributed by atoms with van der Waals surface area (Å²) >= 11 is 0. The van der Waals surface area contributed by atoms with Crippen LogP contribution in [0.5, 0.6) is 0 Å². The third-order valence-electron chi connectivity index (χ3n) is 10.6. The molecule has 0 saturated heterocycles. The molecule has 13 nitrogen and oxygen atoms in total. The van der Waals surface area contributed by atoms with Crippen molar-refractivity contribution in [3.05, 3.63) is 48.6 Å². The Morgan fingerprint density at radius 1 is 0.508 bits per heavy atom. The Morgan fingerprint density at radius 2 is 0.885 bits per heavy atom. The monoisotopic (exact) mass is 887 g/mol. The van der Waals surface area contributed by atoms with Crippen molar-refractivity contribution in [1.29, 1.82) is 0 Å². The van der Waals surface area contributed by atoms with Crippen LogP contribution in [0.4, 0.5) is 0 Å². The predicted octanol–water partition coefficient (Wildman–Crippen LogP) is 9.17. The molecule has 0 heterocycles. The number of hydrogen-bond acceptors (Lipinski definition) is 12. The number of hydrogen-bond donors (Lipinski definition) is 6. The number of aliphatic hydroxyl groups is 5. The number of esters is 2. The lowest BCUT2D eigenvalue weighted by atomic mass is 9.85. The largest absolute Gasteiger partial charge is 0.472 e. The maximum Gasteiger partial charge on any atom is 0.472 e. The lowest BCUT2D eigenvalue weighted by Gasteiger charge is -2.41. The second-order valence-corrected chi connectivity index (χ2v) is 17.7. The van der Waals surface area contributed by atoms with E-state index in [1.807, 2.05) is 0 Å². The van der Waals surface area contributed by atoms with Crippen molar-refractivity contribution in [1.82, 2.24) is 0 Å². The molecular weight excluding hydrogens is 803 g/mol. The van der Waals surface area contributed by atoms with Crippen LogP contribution in [-0.2, 0) is 32.7 Å². The van der Waals surface area contributed by atoms with E-state index in [0.717, 1.165) is 103 Å². The Bertz CT molecular complexity index is 1250. The van der Waals surface area contributed by atoms with Gasteiger partial charge in [0.2, 0.25) is 0 Å². The van der Waals surface area contributed by atoms with Gasteiger partial charge >= 0.3 is 19.8 Å². The van der Waals surface area contributed by atoms with Gasteiger partial charge in [0, 0.05) is 12.8 Å². The average Bonchev–Trinajstić information content (AvgIpc) is 3.24. The summed E-state index contributed by atoms with van der Waals surface area (Å²) < 4.78 is 33.5. The van der Waals surface area contributed by atoms with Gasteiger partial charge in [-0.05, 0) is 77.0 Å². The first-order valence-electron chi connectivity index (χ1n) is 23.4. The molecule has 61 heavy (non-hydrogen) atoms. The summed E-state index contributed by atoms with van der Waals surface area (Å²) in [7, 11) is -5.12. The number of aliphatic hydroxyl groups excluding tert-OH is 5. The van der Waals surface area contributed by atoms with Crippen LogP contribution < -0.4 is 0 Å². The fourth-order valence-electron chi connectivity index (χ4n) is 6.82. The van der Waals surface area contributed by atoms with E-state index in [-0.39, 0.29) is 12.8 Å². The summed E-state index contributed by atoms with van der Waals surface area (Å²) in [5.74, 6) is -1.13. The maximum atomic E-state index is 12.8. The molecule has 6 unspecified atom stereocenters. The second kappa shape index (κ2) is 37.2. The lowest BCUT2D eigenvalue weighted by Crippen LogP contribution is -2.64. The van der Waals surface area contributed by atoms with Gasteiger partial charge in [0.05, 0.1) is 6.61 Å². The first kappa shape index (κ1) is 56.8. The van der Waals surface area contributed by atoms with Crippen LogP contribution in [0, 0.1) is 0 Å². The zero-order valence-corrected chi connectivity index (χ0v) is 38.3. The minimum absolute atomic E-state index is 0.0777. The number of ether oxygens (including phenoxy) is 2. The molecule has 1 aliphatic carbocycles. The molecule has 1 fully saturated rings. The molecule has 6 N–H and O–H groups in total. The molecular formula is C47H83O13P. The highest BCUT2D eigenvalue weighted by Crippen LogP contribution is 2.47. The fraction of sp³-hybridized carbons (Fsp3) is 0.787. The van der Waals surface area contributed by atoms with E-state index in [2.05, 4.69) is 62.5 Å². The van der Waals surface area contributed by atoms with E-state index in [1.165, 1.54) is 38.5 Å². The SMILES string of the molecule is CCCCCC=CCC=CCCCCCCCCCC(=O)OCC(COP(=O)(O)OC1C(O)C(O)C(O)C(O)C1O)OC(=O)CCCCCCCC=CCC=CCCCCC. The van der Waals surface area contributed by atoms with E-state index in [9.17, 15) is 44.6 Å². The molecule has 0 aromatic rings.